The van der Waals surface area contributed by atoms with Crippen LogP contribution in [0.2, 0.25) is 0 Å². The summed E-state index contributed by atoms with van der Waals surface area (Å²) in [4.78, 5) is 19.0. The van der Waals surface area contributed by atoms with Gasteiger partial charge < -0.3 is 5.32 Å². The standard InChI is InChI=1S/C7H14N2.C6H10N3P.C5H7N2OP.I3.I2.HI/c1-3-6-4-9-5-7(6)8-2;1-8-6-4-9(10)3-5(6)2-7;6-1-4-2-7(9)3-5(4)8;1-3-2;1-2;/h6,9H,3-5H2,1-2H3;5H,3-4,10H2,1H3;4H,2-3,9H2;;;1H/q;;;-1;;. The van der Waals surface area contributed by atoms with Gasteiger partial charge in [0, 0.05) is 101 Å². The molecule has 3 aliphatic rings. The topological polar surface area (TPSA) is 108 Å². The Balaban J connectivity index is -0.000000382. The van der Waals surface area contributed by atoms with E-state index in [9.17, 15) is 4.79 Å². The van der Waals surface area contributed by atoms with Gasteiger partial charge in [-0.05, 0) is 6.42 Å². The fraction of sp³-hybridized carbons (Fsp3) is 0.722. The molecule has 16 heteroatoms. The molecule has 34 heavy (non-hydrogen) atoms. The summed E-state index contributed by atoms with van der Waals surface area (Å²) in [6.07, 6.45) is 1.22. The Kier molecular flexibility index (Phi) is 33.8. The Morgan fingerprint density at radius 3 is 1.82 bits per heavy atom. The molecule has 198 valence electrons. The predicted octanol–water partition coefficient (Wildman–Crippen LogP) is 1.96. The maximum atomic E-state index is 10.7. The van der Waals surface area contributed by atoms with E-state index in [1.807, 2.05) is 17.8 Å². The molecule has 0 saturated carbocycles. The second-order valence-electron chi connectivity index (χ2n) is 6.91. The van der Waals surface area contributed by atoms with Crippen LogP contribution in [0, 0.1) is 40.4 Å². The molecule has 1 N–H and O–H groups in total. The Hall–Kier alpha value is 3.11. The summed E-state index contributed by atoms with van der Waals surface area (Å²) in [6.45, 7) is 6.94. The van der Waals surface area contributed by atoms with Gasteiger partial charge in [-0.25, -0.2) is 0 Å². The first kappa shape index (κ1) is 41.6. The van der Waals surface area contributed by atoms with Crippen LogP contribution in [0.5, 0.6) is 0 Å². The molecule has 0 radical (unpaired) electrons. The van der Waals surface area contributed by atoms with E-state index in [-0.39, 0.29) is 41.6 Å². The monoisotopic (exact) mass is 1190 g/mol. The number of ketones is 1. The van der Waals surface area contributed by atoms with Gasteiger partial charge >= 0.3 is 50.5 Å². The summed E-state index contributed by atoms with van der Waals surface area (Å²) >= 11 is 9.54. The van der Waals surface area contributed by atoms with Gasteiger partial charge in [-0.15, -0.1) is 24.0 Å². The summed E-state index contributed by atoms with van der Waals surface area (Å²) in [5, 5.41) is 20.3. The number of Topliss-reactive ketones (excluding diaryl/α,β-unsaturated/α-hetero) is 1. The van der Waals surface area contributed by atoms with Crippen molar-refractivity contribution in [2.24, 2.45) is 27.7 Å². The van der Waals surface area contributed by atoms with Crippen LogP contribution in [0.15, 0.2) is 9.98 Å². The average molecular weight is 1190 g/mol. The van der Waals surface area contributed by atoms with Gasteiger partial charge in [-0.3, -0.25) is 24.1 Å². The quantitative estimate of drug-likeness (QED) is 0.319. The number of hydrogen-bond donors (Lipinski definition) is 1. The van der Waals surface area contributed by atoms with Gasteiger partial charge in [0.1, 0.15) is 5.92 Å². The van der Waals surface area contributed by atoms with Crippen molar-refractivity contribution in [3.63, 3.8) is 0 Å². The average Bonchev–Trinajstić information content (AvgIpc) is 3.53. The van der Waals surface area contributed by atoms with Crippen LogP contribution in [-0.2, 0) is 4.79 Å². The van der Waals surface area contributed by atoms with Crippen LogP contribution in [0.1, 0.15) is 13.3 Å². The zero-order chi connectivity index (χ0) is 25.8. The Morgan fingerprint density at radius 2 is 1.53 bits per heavy atom. The second-order valence-corrected chi connectivity index (χ2v) is 24.6. The largest absolute Gasteiger partial charge is 0.297 e. The van der Waals surface area contributed by atoms with Crippen molar-refractivity contribution in [2.45, 2.75) is 13.3 Å². The summed E-state index contributed by atoms with van der Waals surface area (Å²) in [5.41, 5.74) is 2.34. The Bertz CT molecular complexity index is 705. The third-order valence-electron chi connectivity index (χ3n) is 4.90. The summed E-state index contributed by atoms with van der Waals surface area (Å²) in [5.74, 6) is 0.382. The molecule has 3 rings (SSSR count). The molecule has 5 atom stereocenters. The molecule has 0 aromatic rings. The molecule has 3 fully saturated rings. The van der Waals surface area contributed by atoms with Gasteiger partial charge in [-0.2, -0.15) is 10.5 Å². The first-order valence-electron chi connectivity index (χ1n) is 9.75. The van der Waals surface area contributed by atoms with Crippen molar-refractivity contribution < 1.29 is 18.0 Å². The van der Waals surface area contributed by atoms with Gasteiger partial charge in [0.25, 0.3) is 0 Å². The van der Waals surface area contributed by atoms with E-state index in [2.05, 4.69) is 122 Å². The van der Waals surface area contributed by atoms with Gasteiger partial charge in [-0.1, -0.05) is 25.7 Å². The maximum absolute atomic E-state index is 10.7. The zero-order valence-corrected chi connectivity index (χ0v) is 34.7. The number of halogens is 6. The number of nitrogens with zero attached hydrogens (tertiary/aromatic N) is 6. The Labute approximate surface area is 279 Å². The molecule has 0 bridgehead atoms. The minimum Gasteiger partial charge on any atom is -0.297 e. The molecule has 0 aromatic heterocycles. The second kappa shape index (κ2) is 27.7. The number of carbonyl (C=O) groups excluding carboxylic acids is 1. The molecule has 0 aliphatic carbocycles. The summed E-state index contributed by atoms with van der Waals surface area (Å²) in [6, 6.07) is 4.15. The normalized spacial score (nSPS) is 25.9. The first-order chi connectivity index (χ1) is 15.8. The predicted molar refractivity (Wildman–Crippen MR) is 191 cm³/mol. The minimum absolute atomic E-state index is 0. The molecule has 8 nitrogen and oxygen atoms in total. The van der Waals surface area contributed by atoms with Crippen LogP contribution in [-0.4, -0.2) is 79.9 Å². The summed E-state index contributed by atoms with van der Waals surface area (Å²) < 4.78 is 3.80. The van der Waals surface area contributed by atoms with Gasteiger partial charge in [0.05, 0.1) is 24.6 Å². The first-order valence-corrected chi connectivity index (χ1v) is 29.6. The SMILES string of the molecule is CCC1CNCC1=NC.CN=C1CN(P)CC1C#N.I.II.I[I-]I.N#CC1CN(P)CC1=O. The smallest absolute Gasteiger partial charge is 0.165 e. The molecular formula is C18H32I6N7OP2-. The van der Waals surface area contributed by atoms with Crippen molar-refractivity contribution in [2.75, 3.05) is 53.4 Å². The van der Waals surface area contributed by atoms with Gasteiger partial charge in [0.2, 0.25) is 0 Å². The number of rotatable bonds is 1. The van der Waals surface area contributed by atoms with Crippen LogP contribution < -0.4 is 18.6 Å². The van der Waals surface area contributed by atoms with Crippen molar-refractivity contribution in [1.82, 2.24) is 14.7 Å². The molecule has 5 unspecified atom stereocenters. The molecule has 0 amide bonds. The Morgan fingerprint density at radius 1 is 1.06 bits per heavy atom. The molecule has 3 saturated heterocycles. The van der Waals surface area contributed by atoms with E-state index >= 15 is 0 Å². The number of nitrogens with one attached hydrogen (secondary N) is 1. The number of carbonyl (C=O) groups is 1. The molecule has 3 heterocycles. The number of hydrogen-bond acceptors (Lipinski definition) is 8. The van der Waals surface area contributed by atoms with Gasteiger partial charge in [0.15, 0.2) is 5.78 Å². The molecule has 3 aliphatic heterocycles. The maximum Gasteiger partial charge on any atom is 0.165 e. The van der Waals surface area contributed by atoms with Crippen LogP contribution >= 0.6 is 117 Å². The van der Waals surface area contributed by atoms with Crippen LogP contribution in [0.4, 0.5) is 0 Å². The van der Waals surface area contributed by atoms with E-state index < -0.39 is 0 Å². The van der Waals surface area contributed by atoms with Crippen molar-refractivity contribution >= 4 is 134 Å². The van der Waals surface area contributed by atoms with Crippen LogP contribution in [0.25, 0.3) is 0 Å². The third kappa shape index (κ3) is 18.4. The third-order valence-corrected chi connectivity index (χ3v) is 5.68. The van der Waals surface area contributed by atoms with E-state index in [0.717, 1.165) is 37.8 Å². The van der Waals surface area contributed by atoms with E-state index in [1.165, 1.54) is 12.1 Å². The number of nitriles is 2. The summed E-state index contributed by atoms with van der Waals surface area (Å²) in [7, 11) is 8.61. The van der Waals surface area contributed by atoms with E-state index in [1.54, 1.807) is 11.7 Å². The molecular weight excluding hydrogens is 1150 g/mol. The van der Waals surface area contributed by atoms with Crippen molar-refractivity contribution in [3.05, 3.63) is 0 Å². The van der Waals surface area contributed by atoms with Crippen molar-refractivity contribution in [1.29, 1.82) is 10.5 Å². The fourth-order valence-electron chi connectivity index (χ4n) is 3.17. The zero-order valence-electron chi connectivity index (χ0n) is 19.2. The molecule has 0 aromatic carbocycles. The van der Waals surface area contributed by atoms with Crippen molar-refractivity contribution in [3.8, 4) is 12.1 Å². The van der Waals surface area contributed by atoms with Crippen LogP contribution in [0.3, 0.4) is 0 Å². The molecule has 0 spiro atoms. The minimum atomic E-state index is -0.387. The van der Waals surface area contributed by atoms with E-state index in [0.29, 0.717) is 26.3 Å². The number of aliphatic imine (C=N–C) groups is 2. The van der Waals surface area contributed by atoms with E-state index in [4.69, 9.17) is 10.5 Å². The fourth-order valence-corrected chi connectivity index (χ4v) is 3.96.